The Kier molecular flexibility index (Phi) is 4.63. The average molecular weight is 284 g/mol. The van der Waals surface area contributed by atoms with E-state index in [9.17, 15) is 4.79 Å². The Morgan fingerprint density at radius 2 is 1.43 bits per heavy atom. The van der Waals surface area contributed by atoms with Gasteiger partial charge in [0.25, 0.3) is 0 Å². The van der Waals surface area contributed by atoms with E-state index in [1.54, 1.807) is 32.4 Å². The van der Waals surface area contributed by atoms with Gasteiger partial charge in [0.1, 0.15) is 0 Å². The third kappa shape index (κ3) is 3.24. The van der Waals surface area contributed by atoms with Crippen LogP contribution in [0.15, 0.2) is 42.5 Å². The normalized spacial score (nSPS) is 10.5. The summed E-state index contributed by atoms with van der Waals surface area (Å²) >= 11 is 0. The van der Waals surface area contributed by atoms with Crippen molar-refractivity contribution in [2.75, 3.05) is 14.2 Å². The Morgan fingerprint density at radius 3 is 1.95 bits per heavy atom. The molecule has 3 nitrogen and oxygen atoms in total. The van der Waals surface area contributed by atoms with E-state index in [1.807, 2.05) is 24.3 Å². The molecule has 0 radical (unpaired) electrons. The first-order valence-electron chi connectivity index (χ1n) is 6.93. The summed E-state index contributed by atoms with van der Waals surface area (Å²) in [6, 6.07) is 12.9. The van der Waals surface area contributed by atoms with E-state index in [4.69, 9.17) is 9.47 Å². The molecule has 0 bridgehead atoms. The van der Waals surface area contributed by atoms with Crippen molar-refractivity contribution >= 4 is 5.78 Å². The molecule has 0 aromatic heterocycles. The van der Waals surface area contributed by atoms with Crippen LogP contribution in [0.1, 0.15) is 41.3 Å². The maximum Gasteiger partial charge on any atom is 0.193 e. The Bertz CT molecular complexity index is 627. The fourth-order valence-corrected chi connectivity index (χ4v) is 2.16. The number of hydrogen-bond donors (Lipinski definition) is 0. The predicted molar refractivity (Wildman–Crippen MR) is 83.5 cm³/mol. The maximum atomic E-state index is 12.5. The molecule has 0 amide bonds. The zero-order chi connectivity index (χ0) is 15.4. The van der Waals surface area contributed by atoms with Crippen LogP contribution in [0.25, 0.3) is 0 Å². The third-order valence-electron chi connectivity index (χ3n) is 3.49. The Morgan fingerprint density at radius 1 is 0.857 bits per heavy atom. The molecule has 0 N–H and O–H groups in total. The highest BCUT2D eigenvalue weighted by atomic mass is 16.5. The highest BCUT2D eigenvalue weighted by Crippen LogP contribution is 2.28. The summed E-state index contributed by atoms with van der Waals surface area (Å²) in [5.74, 6) is 1.60. The summed E-state index contributed by atoms with van der Waals surface area (Å²) in [7, 11) is 3.13. The summed E-state index contributed by atoms with van der Waals surface area (Å²) < 4.78 is 10.4. The van der Waals surface area contributed by atoms with Crippen molar-refractivity contribution in [3.05, 3.63) is 59.2 Å². The van der Waals surface area contributed by atoms with Crippen LogP contribution in [-0.2, 0) is 0 Å². The lowest BCUT2D eigenvalue weighted by Gasteiger charge is -2.10. The van der Waals surface area contributed by atoms with E-state index in [0.717, 1.165) is 0 Å². The first-order chi connectivity index (χ1) is 10.1. The minimum atomic E-state index is -0.0220. The van der Waals surface area contributed by atoms with Crippen LogP contribution in [0, 0.1) is 0 Å². The summed E-state index contributed by atoms with van der Waals surface area (Å²) in [6.45, 7) is 4.26. The standard InChI is InChI=1S/C18H20O3/c1-12(2)13-5-7-14(8-6-13)18(19)15-9-10-16(20-3)17(11-15)21-4/h5-12H,1-4H3. The highest BCUT2D eigenvalue weighted by Gasteiger charge is 2.13. The van der Waals surface area contributed by atoms with Crippen molar-refractivity contribution in [3.8, 4) is 11.5 Å². The van der Waals surface area contributed by atoms with Crippen LogP contribution in [0.5, 0.6) is 11.5 Å². The van der Waals surface area contributed by atoms with Crippen LogP contribution in [0.2, 0.25) is 0 Å². The summed E-state index contributed by atoms with van der Waals surface area (Å²) in [6.07, 6.45) is 0. The maximum absolute atomic E-state index is 12.5. The van der Waals surface area contributed by atoms with Gasteiger partial charge in [-0.05, 0) is 29.7 Å². The SMILES string of the molecule is COc1ccc(C(=O)c2ccc(C(C)C)cc2)cc1OC. The lowest BCUT2D eigenvalue weighted by molar-refractivity contribution is 0.103. The summed E-state index contributed by atoms with van der Waals surface area (Å²) in [4.78, 5) is 12.5. The largest absolute Gasteiger partial charge is 0.493 e. The van der Waals surface area contributed by atoms with Gasteiger partial charge < -0.3 is 9.47 Å². The average Bonchev–Trinajstić information content (AvgIpc) is 2.53. The highest BCUT2D eigenvalue weighted by molar-refractivity contribution is 6.09. The Hall–Kier alpha value is -2.29. The van der Waals surface area contributed by atoms with Gasteiger partial charge in [0.05, 0.1) is 14.2 Å². The molecule has 0 saturated carbocycles. The van der Waals surface area contributed by atoms with E-state index >= 15 is 0 Å². The summed E-state index contributed by atoms with van der Waals surface area (Å²) in [5, 5.41) is 0. The fraction of sp³-hybridized carbons (Fsp3) is 0.278. The van der Waals surface area contributed by atoms with Crippen molar-refractivity contribution in [1.82, 2.24) is 0 Å². The van der Waals surface area contributed by atoms with Crippen molar-refractivity contribution < 1.29 is 14.3 Å². The lowest BCUT2D eigenvalue weighted by Crippen LogP contribution is -2.03. The smallest absolute Gasteiger partial charge is 0.193 e. The molecule has 0 aliphatic rings. The van der Waals surface area contributed by atoms with Crippen LogP contribution in [0.4, 0.5) is 0 Å². The first kappa shape index (κ1) is 15.1. The number of ether oxygens (including phenoxy) is 2. The van der Waals surface area contributed by atoms with Crippen molar-refractivity contribution in [1.29, 1.82) is 0 Å². The minimum absolute atomic E-state index is 0.0220. The molecule has 2 aromatic carbocycles. The quantitative estimate of drug-likeness (QED) is 0.777. The summed E-state index contributed by atoms with van der Waals surface area (Å²) in [5.41, 5.74) is 2.48. The number of hydrogen-bond acceptors (Lipinski definition) is 3. The van der Waals surface area contributed by atoms with Gasteiger partial charge in [0.15, 0.2) is 17.3 Å². The topological polar surface area (TPSA) is 35.5 Å². The second-order valence-electron chi connectivity index (χ2n) is 5.18. The molecule has 110 valence electrons. The predicted octanol–water partition coefficient (Wildman–Crippen LogP) is 4.06. The van der Waals surface area contributed by atoms with E-state index in [-0.39, 0.29) is 5.78 Å². The molecule has 0 saturated heterocycles. The van der Waals surface area contributed by atoms with Crippen molar-refractivity contribution in [2.45, 2.75) is 19.8 Å². The molecule has 0 atom stereocenters. The zero-order valence-corrected chi connectivity index (χ0v) is 12.8. The van der Waals surface area contributed by atoms with Gasteiger partial charge in [-0.15, -0.1) is 0 Å². The molecule has 2 aromatic rings. The second kappa shape index (κ2) is 6.44. The van der Waals surface area contributed by atoms with Gasteiger partial charge in [-0.2, -0.15) is 0 Å². The lowest BCUT2D eigenvalue weighted by atomic mass is 9.98. The van der Waals surface area contributed by atoms with Crippen LogP contribution in [0.3, 0.4) is 0 Å². The van der Waals surface area contributed by atoms with Gasteiger partial charge in [-0.25, -0.2) is 0 Å². The monoisotopic (exact) mass is 284 g/mol. The number of rotatable bonds is 5. The molecule has 0 unspecified atom stereocenters. The van der Waals surface area contributed by atoms with E-state index in [0.29, 0.717) is 28.5 Å². The van der Waals surface area contributed by atoms with Gasteiger partial charge in [-0.1, -0.05) is 38.1 Å². The third-order valence-corrected chi connectivity index (χ3v) is 3.49. The molecule has 3 heteroatoms. The first-order valence-corrected chi connectivity index (χ1v) is 6.93. The molecule has 21 heavy (non-hydrogen) atoms. The fourth-order valence-electron chi connectivity index (χ4n) is 2.16. The second-order valence-corrected chi connectivity index (χ2v) is 5.18. The molecule has 0 heterocycles. The Balaban J connectivity index is 2.31. The van der Waals surface area contributed by atoms with E-state index in [2.05, 4.69) is 13.8 Å². The number of benzene rings is 2. The van der Waals surface area contributed by atoms with Crippen molar-refractivity contribution in [2.24, 2.45) is 0 Å². The van der Waals surface area contributed by atoms with Gasteiger partial charge >= 0.3 is 0 Å². The number of carbonyl (C=O) groups is 1. The van der Waals surface area contributed by atoms with Crippen LogP contribution < -0.4 is 9.47 Å². The molecule has 0 aliphatic heterocycles. The van der Waals surface area contributed by atoms with Gasteiger partial charge in [0, 0.05) is 11.1 Å². The number of methoxy groups -OCH3 is 2. The molecule has 2 rings (SSSR count). The number of carbonyl (C=O) groups excluding carboxylic acids is 1. The molecule has 0 fully saturated rings. The molecular formula is C18H20O3. The zero-order valence-electron chi connectivity index (χ0n) is 12.8. The van der Waals surface area contributed by atoms with E-state index in [1.165, 1.54) is 5.56 Å². The Labute approximate surface area is 125 Å². The number of ketones is 1. The molecule has 0 spiro atoms. The van der Waals surface area contributed by atoms with E-state index < -0.39 is 0 Å². The molecule has 0 aliphatic carbocycles. The van der Waals surface area contributed by atoms with Crippen LogP contribution in [-0.4, -0.2) is 20.0 Å². The van der Waals surface area contributed by atoms with Gasteiger partial charge in [0.2, 0.25) is 0 Å². The van der Waals surface area contributed by atoms with Gasteiger partial charge in [-0.3, -0.25) is 4.79 Å². The molecular weight excluding hydrogens is 264 g/mol. The van der Waals surface area contributed by atoms with Crippen LogP contribution >= 0.6 is 0 Å². The van der Waals surface area contributed by atoms with Crippen molar-refractivity contribution in [3.63, 3.8) is 0 Å². The minimum Gasteiger partial charge on any atom is -0.493 e.